The smallest absolute Gasteiger partial charge is 0.348 e. The standard InChI is InChI=1S/C17H24NO7P/c1-10-11(2)17(24-14-6-4-13(18)5-7-14)25-15(8-9-26(20,21)22)16(10)23-12(3)19/h4-11,15-17H,18H2,1-3H3,(H2,20,21,22)/b9-8+/t10-,11+,15-,16+,17+/m1/s1. The van der Waals surface area contributed by atoms with Gasteiger partial charge in [-0.15, -0.1) is 0 Å². The lowest BCUT2D eigenvalue weighted by atomic mass is 9.84. The summed E-state index contributed by atoms with van der Waals surface area (Å²) in [6.07, 6.45) is -1.00. The Kier molecular flexibility index (Phi) is 6.47. The first-order valence-electron chi connectivity index (χ1n) is 8.16. The summed E-state index contributed by atoms with van der Waals surface area (Å²) >= 11 is 0. The fraction of sp³-hybridized carbons (Fsp3) is 0.471. The van der Waals surface area contributed by atoms with Gasteiger partial charge in [-0.3, -0.25) is 9.36 Å². The van der Waals surface area contributed by atoms with E-state index in [0.717, 1.165) is 5.82 Å². The molecule has 0 aliphatic carbocycles. The molecule has 4 N–H and O–H groups in total. The number of ether oxygens (including phenoxy) is 3. The molecule has 0 unspecified atom stereocenters. The van der Waals surface area contributed by atoms with E-state index in [2.05, 4.69) is 0 Å². The van der Waals surface area contributed by atoms with Crippen molar-refractivity contribution in [1.82, 2.24) is 0 Å². The highest BCUT2D eigenvalue weighted by Crippen LogP contribution is 2.39. The summed E-state index contributed by atoms with van der Waals surface area (Å²) in [5, 5.41) is 0. The van der Waals surface area contributed by atoms with Gasteiger partial charge in [-0.05, 0) is 30.3 Å². The van der Waals surface area contributed by atoms with Gasteiger partial charge in [-0.1, -0.05) is 13.8 Å². The highest BCUT2D eigenvalue weighted by Gasteiger charge is 2.43. The molecule has 1 aliphatic rings. The van der Waals surface area contributed by atoms with E-state index in [9.17, 15) is 9.36 Å². The lowest BCUT2D eigenvalue weighted by Crippen LogP contribution is -2.52. The molecule has 1 fully saturated rings. The first kappa shape index (κ1) is 20.5. The van der Waals surface area contributed by atoms with Crippen LogP contribution in [0.3, 0.4) is 0 Å². The summed E-state index contributed by atoms with van der Waals surface area (Å²) in [5.41, 5.74) is 6.26. The van der Waals surface area contributed by atoms with E-state index >= 15 is 0 Å². The second kappa shape index (κ2) is 8.22. The van der Waals surface area contributed by atoms with E-state index in [1.165, 1.54) is 13.0 Å². The Morgan fingerprint density at radius 2 is 1.85 bits per heavy atom. The molecule has 0 radical (unpaired) electrons. The Morgan fingerprint density at radius 1 is 1.23 bits per heavy atom. The van der Waals surface area contributed by atoms with E-state index in [-0.39, 0.29) is 11.8 Å². The van der Waals surface area contributed by atoms with Gasteiger partial charge in [0.25, 0.3) is 0 Å². The minimum atomic E-state index is -4.38. The maximum Gasteiger partial charge on any atom is 0.348 e. The molecule has 2 rings (SSSR count). The van der Waals surface area contributed by atoms with E-state index in [1.807, 2.05) is 13.8 Å². The summed E-state index contributed by atoms with van der Waals surface area (Å²) in [7, 11) is -4.38. The molecule has 1 aliphatic heterocycles. The van der Waals surface area contributed by atoms with Gasteiger partial charge >= 0.3 is 13.6 Å². The van der Waals surface area contributed by atoms with Crippen molar-refractivity contribution >= 4 is 19.3 Å². The number of rotatable bonds is 5. The number of nitrogen functional groups attached to an aromatic ring is 1. The minimum absolute atomic E-state index is 0.142. The number of hydrogen-bond donors (Lipinski definition) is 3. The third-order valence-corrected chi connectivity index (χ3v) is 4.86. The Morgan fingerprint density at radius 3 is 2.38 bits per heavy atom. The average molecular weight is 385 g/mol. The molecule has 1 saturated heterocycles. The van der Waals surface area contributed by atoms with E-state index < -0.39 is 32.1 Å². The van der Waals surface area contributed by atoms with Gasteiger partial charge < -0.3 is 29.7 Å². The molecule has 9 heteroatoms. The molecule has 26 heavy (non-hydrogen) atoms. The molecule has 1 heterocycles. The number of nitrogens with two attached hydrogens (primary N) is 1. The van der Waals surface area contributed by atoms with Crippen LogP contribution in [0.5, 0.6) is 5.75 Å². The number of hydrogen-bond acceptors (Lipinski definition) is 6. The zero-order valence-corrected chi connectivity index (χ0v) is 15.7. The van der Waals surface area contributed by atoms with E-state index in [1.54, 1.807) is 24.3 Å². The van der Waals surface area contributed by atoms with Crippen LogP contribution < -0.4 is 10.5 Å². The van der Waals surface area contributed by atoms with Crippen molar-refractivity contribution in [3.05, 3.63) is 36.2 Å². The van der Waals surface area contributed by atoms with Gasteiger partial charge in [0, 0.05) is 30.3 Å². The van der Waals surface area contributed by atoms with Crippen LogP contribution in [0.25, 0.3) is 0 Å². The zero-order chi connectivity index (χ0) is 19.5. The molecule has 5 atom stereocenters. The lowest BCUT2D eigenvalue weighted by Gasteiger charge is -2.42. The Labute approximate surface area is 152 Å². The lowest BCUT2D eigenvalue weighted by molar-refractivity contribution is -0.227. The Bertz CT molecular complexity index is 700. The van der Waals surface area contributed by atoms with Crippen LogP contribution in [0.1, 0.15) is 20.8 Å². The third-order valence-electron chi connectivity index (χ3n) is 4.30. The van der Waals surface area contributed by atoms with Crippen molar-refractivity contribution in [3.63, 3.8) is 0 Å². The molecule has 1 aromatic rings. The fourth-order valence-electron chi connectivity index (χ4n) is 2.74. The molecule has 8 nitrogen and oxygen atoms in total. The van der Waals surface area contributed by atoms with Gasteiger partial charge in [-0.25, -0.2) is 0 Å². The Hall–Kier alpha value is -1.86. The van der Waals surface area contributed by atoms with Crippen LogP contribution in [-0.2, 0) is 18.8 Å². The normalized spacial score (nSPS) is 29.5. The molecule has 144 valence electrons. The molecular weight excluding hydrogens is 361 g/mol. The summed E-state index contributed by atoms with van der Waals surface area (Å²) in [4.78, 5) is 29.6. The molecule has 0 saturated carbocycles. The topological polar surface area (TPSA) is 128 Å². The summed E-state index contributed by atoms with van der Waals surface area (Å²) in [5.74, 6) is 0.489. The first-order chi connectivity index (χ1) is 12.1. The van der Waals surface area contributed by atoms with Gasteiger partial charge in [0.15, 0.2) is 0 Å². The fourth-order valence-corrected chi connectivity index (χ4v) is 3.13. The van der Waals surface area contributed by atoms with Gasteiger partial charge in [-0.2, -0.15) is 0 Å². The molecule has 0 amide bonds. The average Bonchev–Trinajstić information content (AvgIpc) is 2.54. The van der Waals surface area contributed by atoms with Gasteiger partial charge in [0.1, 0.15) is 18.0 Å². The van der Waals surface area contributed by atoms with Crippen molar-refractivity contribution in [2.45, 2.75) is 39.3 Å². The number of esters is 1. The number of carbonyl (C=O) groups is 1. The molecule has 0 bridgehead atoms. The van der Waals surface area contributed by atoms with Crippen LogP contribution in [0.4, 0.5) is 5.69 Å². The second-order valence-electron chi connectivity index (χ2n) is 6.38. The highest BCUT2D eigenvalue weighted by atomic mass is 31.2. The molecular formula is C17H24NO7P. The predicted molar refractivity (Wildman–Crippen MR) is 95.2 cm³/mol. The van der Waals surface area contributed by atoms with Crippen LogP contribution in [-0.4, -0.2) is 34.3 Å². The van der Waals surface area contributed by atoms with E-state index in [0.29, 0.717) is 11.4 Å². The quantitative estimate of drug-likeness (QED) is 0.400. The summed E-state index contributed by atoms with van der Waals surface area (Å²) < 4.78 is 28.2. The van der Waals surface area contributed by atoms with Gasteiger partial charge in [0.05, 0.1) is 0 Å². The molecule has 0 aromatic heterocycles. The van der Waals surface area contributed by atoms with Crippen molar-refractivity contribution in [2.24, 2.45) is 11.8 Å². The van der Waals surface area contributed by atoms with Crippen molar-refractivity contribution in [1.29, 1.82) is 0 Å². The van der Waals surface area contributed by atoms with Crippen LogP contribution >= 0.6 is 7.60 Å². The van der Waals surface area contributed by atoms with Crippen LogP contribution in [0, 0.1) is 11.8 Å². The maximum absolute atomic E-state index is 11.4. The Balaban J connectivity index is 2.23. The summed E-state index contributed by atoms with van der Waals surface area (Å²) in [6.45, 7) is 5.04. The minimum Gasteiger partial charge on any atom is -0.465 e. The number of anilines is 1. The highest BCUT2D eigenvalue weighted by molar-refractivity contribution is 7.55. The largest absolute Gasteiger partial charge is 0.465 e. The van der Waals surface area contributed by atoms with Crippen molar-refractivity contribution < 1.29 is 33.4 Å². The maximum atomic E-state index is 11.4. The van der Waals surface area contributed by atoms with Crippen molar-refractivity contribution in [2.75, 3.05) is 5.73 Å². The van der Waals surface area contributed by atoms with Crippen LogP contribution in [0.2, 0.25) is 0 Å². The van der Waals surface area contributed by atoms with Crippen molar-refractivity contribution in [3.8, 4) is 5.75 Å². The molecule has 1 aromatic carbocycles. The zero-order valence-electron chi connectivity index (χ0n) is 14.8. The predicted octanol–water partition coefficient (Wildman–Crippen LogP) is 2.27. The molecule has 0 spiro atoms. The van der Waals surface area contributed by atoms with E-state index in [4.69, 9.17) is 29.7 Å². The third kappa shape index (κ3) is 5.57. The second-order valence-corrected chi connectivity index (χ2v) is 7.86. The van der Waals surface area contributed by atoms with Gasteiger partial charge in [0.2, 0.25) is 6.29 Å². The van der Waals surface area contributed by atoms with Crippen LogP contribution in [0.15, 0.2) is 36.2 Å². The number of carbonyl (C=O) groups excluding carboxylic acids is 1. The summed E-state index contributed by atoms with van der Waals surface area (Å²) in [6, 6.07) is 6.79. The number of benzene rings is 1. The SMILES string of the molecule is CC(=O)O[C@H]1[C@H](C)[C@H](C)[C@@H](Oc2ccc(N)cc2)O[C@@H]1/C=C/P(=O)(O)O. The monoisotopic (exact) mass is 385 g/mol. The first-order valence-corrected chi connectivity index (χ1v) is 9.84.